The number of benzene rings is 2. The number of nitriles is 1. The second-order valence-corrected chi connectivity index (χ2v) is 8.41. The van der Waals surface area contributed by atoms with Crippen LogP contribution in [-0.4, -0.2) is 53.3 Å². The molecule has 1 fully saturated rings. The first kappa shape index (κ1) is 22.1. The number of hydrogen-bond donors (Lipinski definition) is 2. The topological polar surface area (TPSA) is 85.6 Å². The van der Waals surface area contributed by atoms with Crippen molar-refractivity contribution in [3.05, 3.63) is 42.5 Å². The van der Waals surface area contributed by atoms with Crippen LogP contribution < -0.4 is 10.1 Å². The first-order chi connectivity index (χ1) is 14.4. The maximum absolute atomic E-state index is 12.6. The molecule has 0 unspecified atom stereocenters. The molecule has 0 spiro atoms. The summed E-state index contributed by atoms with van der Waals surface area (Å²) in [4.78, 5) is 14.5. The van der Waals surface area contributed by atoms with E-state index in [-0.39, 0.29) is 25.1 Å². The molecule has 2 N–H and O–H groups in total. The zero-order valence-electron chi connectivity index (χ0n) is 17.8. The van der Waals surface area contributed by atoms with E-state index in [1.807, 2.05) is 61.2 Å². The van der Waals surface area contributed by atoms with E-state index < -0.39 is 11.6 Å². The summed E-state index contributed by atoms with van der Waals surface area (Å²) in [7, 11) is 0. The minimum atomic E-state index is -0.740. The largest absolute Gasteiger partial charge is 0.490 e. The summed E-state index contributed by atoms with van der Waals surface area (Å²) in [6.45, 7) is 4.57. The Morgan fingerprint density at radius 2 is 1.93 bits per heavy atom. The van der Waals surface area contributed by atoms with E-state index in [2.05, 4.69) is 11.4 Å². The van der Waals surface area contributed by atoms with Gasteiger partial charge in [0.05, 0.1) is 12.6 Å². The number of hydrogen-bond acceptors (Lipinski definition) is 5. The van der Waals surface area contributed by atoms with Crippen LogP contribution in [0.5, 0.6) is 5.75 Å². The summed E-state index contributed by atoms with van der Waals surface area (Å²) in [5.74, 6) is 0.563. The highest BCUT2D eigenvalue weighted by Gasteiger charge is 2.35. The molecule has 0 saturated heterocycles. The van der Waals surface area contributed by atoms with Gasteiger partial charge in [0, 0.05) is 18.0 Å². The van der Waals surface area contributed by atoms with Crippen LogP contribution in [0.2, 0.25) is 0 Å². The van der Waals surface area contributed by atoms with Crippen LogP contribution in [-0.2, 0) is 4.79 Å². The van der Waals surface area contributed by atoms with E-state index in [1.165, 1.54) is 0 Å². The lowest BCUT2D eigenvalue weighted by molar-refractivity contribution is -0.124. The van der Waals surface area contributed by atoms with Crippen molar-refractivity contribution in [1.29, 1.82) is 5.26 Å². The van der Waals surface area contributed by atoms with Crippen molar-refractivity contribution in [3.63, 3.8) is 0 Å². The number of carbonyl (C=O) groups excluding carboxylic acids is 1. The quantitative estimate of drug-likeness (QED) is 0.664. The lowest BCUT2D eigenvalue weighted by Gasteiger charge is -2.30. The number of rotatable bonds is 9. The van der Waals surface area contributed by atoms with Crippen molar-refractivity contribution in [1.82, 2.24) is 10.2 Å². The van der Waals surface area contributed by atoms with E-state index >= 15 is 0 Å². The van der Waals surface area contributed by atoms with Gasteiger partial charge in [0.15, 0.2) is 0 Å². The zero-order chi connectivity index (χ0) is 21.6. The second kappa shape index (κ2) is 9.92. The van der Waals surface area contributed by atoms with Crippen LogP contribution in [0.1, 0.15) is 39.5 Å². The Kier molecular flexibility index (Phi) is 7.30. The molecular weight excluding hydrogens is 378 g/mol. The molecule has 2 aromatic rings. The summed E-state index contributed by atoms with van der Waals surface area (Å²) in [6, 6.07) is 16.2. The molecule has 1 amide bonds. The first-order valence-corrected chi connectivity index (χ1v) is 10.7. The SMILES string of the molecule is CC(C)N(CC(=O)NC1(C#N)CCCC1)C[C@@H](O)COc1cccc2ccccc12. The Morgan fingerprint density at radius 3 is 2.63 bits per heavy atom. The number of aliphatic hydroxyl groups excluding tert-OH is 1. The van der Waals surface area contributed by atoms with E-state index in [1.54, 1.807) is 0 Å². The van der Waals surface area contributed by atoms with Gasteiger partial charge in [-0.2, -0.15) is 5.26 Å². The van der Waals surface area contributed by atoms with Gasteiger partial charge in [-0.25, -0.2) is 0 Å². The number of amides is 1. The molecule has 30 heavy (non-hydrogen) atoms. The molecule has 160 valence electrons. The third kappa shape index (κ3) is 5.50. The van der Waals surface area contributed by atoms with Crippen LogP contribution >= 0.6 is 0 Å². The first-order valence-electron chi connectivity index (χ1n) is 10.7. The van der Waals surface area contributed by atoms with Gasteiger partial charge in [-0.05, 0) is 51.0 Å². The number of ether oxygens (including phenoxy) is 1. The molecule has 1 aliphatic rings. The molecule has 0 bridgehead atoms. The van der Waals surface area contributed by atoms with E-state index in [4.69, 9.17) is 4.74 Å². The number of carbonyl (C=O) groups is 1. The predicted octanol–water partition coefficient (Wildman–Crippen LogP) is 3.24. The van der Waals surface area contributed by atoms with Crippen LogP contribution in [0.15, 0.2) is 42.5 Å². The molecule has 1 atom stereocenters. The monoisotopic (exact) mass is 409 g/mol. The van der Waals surface area contributed by atoms with E-state index in [0.717, 1.165) is 29.4 Å². The third-order valence-electron chi connectivity index (χ3n) is 5.75. The molecular formula is C24H31N3O3. The van der Waals surface area contributed by atoms with Gasteiger partial charge in [-0.1, -0.05) is 36.4 Å². The number of nitrogens with one attached hydrogen (secondary N) is 1. The Bertz CT molecular complexity index is 895. The van der Waals surface area contributed by atoms with Gasteiger partial charge in [0.25, 0.3) is 0 Å². The number of fused-ring (bicyclic) bond motifs is 1. The van der Waals surface area contributed by atoms with Gasteiger partial charge in [0.1, 0.15) is 24.0 Å². The average molecular weight is 410 g/mol. The van der Waals surface area contributed by atoms with Gasteiger partial charge >= 0.3 is 0 Å². The maximum atomic E-state index is 12.6. The van der Waals surface area contributed by atoms with Gasteiger partial charge in [0.2, 0.25) is 5.91 Å². The fraction of sp³-hybridized carbons (Fsp3) is 0.500. The lowest BCUT2D eigenvalue weighted by atomic mass is 10.00. The van der Waals surface area contributed by atoms with Crippen molar-refractivity contribution in [2.24, 2.45) is 0 Å². The molecule has 0 aromatic heterocycles. The third-order valence-corrected chi connectivity index (χ3v) is 5.75. The molecule has 2 aromatic carbocycles. The van der Waals surface area contributed by atoms with Crippen molar-refractivity contribution in [2.75, 3.05) is 19.7 Å². The summed E-state index contributed by atoms with van der Waals surface area (Å²) < 4.78 is 5.89. The van der Waals surface area contributed by atoms with Crippen molar-refractivity contribution in [3.8, 4) is 11.8 Å². The van der Waals surface area contributed by atoms with Crippen LogP contribution in [0, 0.1) is 11.3 Å². The molecule has 0 radical (unpaired) electrons. The minimum absolute atomic E-state index is 0.0737. The summed E-state index contributed by atoms with van der Waals surface area (Å²) in [6.07, 6.45) is 2.60. The van der Waals surface area contributed by atoms with Crippen molar-refractivity contribution >= 4 is 16.7 Å². The Labute approximate surface area is 178 Å². The molecule has 3 rings (SSSR count). The normalized spacial score (nSPS) is 16.5. The highest BCUT2D eigenvalue weighted by Crippen LogP contribution is 2.29. The average Bonchev–Trinajstić information content (AvgIpc) is 3.20. The maximum Gasteiger partial charge on any atom is 0.235 e. The Hall–Kier alpha value is -2.62. The molecule has 6 heteroatoms. The summed E-state index contributed by atoms with van der Waals surface area (Å²) in [5, 5.41) is 25.0. The molecule has 1 saturated carbocycles. The van der Waals surface area contributed by atoms with Crippen LogP contribution in [0.4, 0.5) is 0 Å². The fourth-order valence-corrected chi connectivity index (χ4v) is 4.02. The lowest BCUT2D eigenvalue weighted by Crippen LogP contribution is -2.51. The van der Waals surface area contributed by atoms with Gasteiger partial charge in [-0.3, -0.25) is 9.69 Å². The van der Waals surface area contributed by atoms with Crippen molar-refractivity contribution in [2.45, 2.75) is 57.2 Å². The number of nitrogens with zero attached hydrogens (tertiary/aromatic N) is 2. The fourth-order valence-electron chi connectivity index (χ4n) is 4.02. The Morgan fingerprint density at radius 1 is 1.23 bits per heavy atom. The van der Waals surface area contributed by atoms with Gasteiger partial charge < -0.3 is 15.2 Å². The molecule has 0 aliphatic heterocycles. The molecule has 0 heterocycles. The van der Waals surface area contributed by atoms with Crippen molar-refractivity contribution < 1.29 is 14.6 Å². The highest BCUT2D eigenvalue weighted by atomic mass is 16.5. The van der Waals surface area contributed by atoms with Crippen LogP contribution in [0.3, 0.4) is 0 Å². The second-order valence-electron chi connectivity index (χ2n) is 8.41. The number of aliphatic hydroxyl groups is 1. The minimum Gasteiger partial charge on any atom is -0.490 e. The van der Waals surface area contributed by atoms with Crippen LogP contribution in [0.25, 0.3) is 10.8 Å². The van der Waals surface area contributed by atoms with E-state index in [0.29, 0.717) is 19.4 Å². The Balaban J connectivity index is 1.55. The highest BCUT2D eigenvalue weighted by molar-refractivity contribution is 5.88. The predicted molar refractivity (Wildman–Crippen MR) is 117 cm³/mol. The van der Waals surface area contributed by atoms with Gasteiger partial charge in [-0.15, -0.1) is 0 Å². The summed E-state index contributed by atoms with van der Waals surface area (Å²) in [5.41, 5.74) is -0.726. The standard InChI is InChI=1S/C24H31N3O3/c1-18(2)27(15-23(29)26-24(17-25)12-5-6-13-24)14-20(28)16-30-22-11-7-9-19-8-3-4-10-21(19)22/h3-4,7-11,18,20,28H,5-6,12-16H2,1-2H3,(H,26,29)/t20-/m1/s1. The van der Waals surface area contributed by atoms with E-state index in [9.17, 15) is 15.2 Å². The smallest absolute Gasteiger partial charge is 0.235 e. The molecule has 1 aliphatic carbocycles. The molecule has 6 nitrogen and oxygen atoms in total. The zero-order valence-corrected chi connectivity index (χ0v) is 17.8. The summed E-state index contributed by atoms with van der Waals surface area (Å²) >= 11 is 0.